The van der Waals surface area contributed by atoms with E-state index in [9.17, 15) is 5.11 Å². The second-order valence-corrected chi connectivity index (χ2v) is 7.92. The number of pyridine rings is 1. The summed E-state index contributed by atoms with van der Waals surface area (Å²) in [6.07, 6.45) is 5.62. The van der Waals surface area contributed by atoms with Crippen molar-refractivity contribution in [1.29, 1.82) is 0 Å². The molecule has 0 amide bonds. The van der Waals surface area contributed by atoms with Gasteiger partial charge in [-0.2, -0.15) is 0 Å². The predicted octanol–water partition coefficient (Wildman–Crippen LogP) is 5.14. The van der Waals surface area contributed by atoms with Crippen LogP contribution in [0.2, 0.25) is 0 Å². The summed E-state index contributed by atoms with van der Waals surface area (Å²) in [6.45, 7) is 2.07. The molecule has 1 aliphatic rings. The highest BCUT2D eigenvalue weighted by Gasteiger charge is 2.33. The van der Waals surface area contributed by atoms with Crippen molar-refractivity contribution >= 4 is 16.7 Å². The zero-order chi connectivity index (χ0) is 20.4. The highest BCUT2D eigenvalue weighted by molar-refractivity contribution is 5.87. The maximum Gasteiger partial charge on any atom is 0.151 e. The Balaban J connectivity index is 1.60. The smallest absolute Gasteiger partial charge is 0.151 e. The third-order valence-corrected chi connectivity index (χ3v) is 6.17. The zero-order valence-electron chi connectivity index (χ0n) is 16.9. The second kappa shape index (κ2) is 8.31. The second-order valence-electron chi connectivity index (χ2n) is 7.92. The standard InChI is InChI=1S/C23H27FN4O/c1-3-15-7-4-5-9-20(23(15)24)28(2)22-11-10-18(26-27-22)17-13-16-8-6-12-25-19(16)14-21(17)29/h6,8,10-15,20,23,29H,3-5,7,9H2,1-2H3/t15-,20+,23-/m1/s1. The van der Waals surface area contributed by atoms with Crippen molar-refractivity contribution in [3.8, 4) is 17.0 Å². The Morgan fingerprint density at radius 3 is 2.72 bits per heavy atom. The van der Waals surface area contributed by atoms with Crippen molar-refractivity contribution in [2.45, 2.75) is 51.2 Å². The summed E-state index contributed by atoms with van der Waals surface area (Å²) in [7, 11) is 1.90. The fourth-order valence-electron chi connectivity index (χ4n) is 4.37. The zero-order valence-corrected chi connectivity index (χ0v) is 16.9. The van der Waals surface area contributed by atoms with Crippen LogP contribution < -0.4 is 4.90 Å². The first-order valence-corrected chi connectivity index (χ1v) is 10.4. The Labute approximate surface area is 170 Å². The molecule has 2 aromatic heterocycles. The van der Waals surface area contributed by atoms with E-state index in [-0.39, 0.29) is 17.7 Å². The van der Waals surface area contributed by atoms with Crippen LogP contribution in [0, 0.1) is 5.92 Å². The summed E-state index contributed by atoms with van der Waals surface area (Å²) in [5.74, 6) is 0.880. The van der Waals surface area contributed by atoms with Gasteiger partial charge in [-0.25, -0.2) is 4.39 Å². The van der Waals surface area contributed by atoms with Crippen molar-refractivity contribution in [3.05, 3.63) is 42.6 Å². The summed E-state index contributed by atoms with van der Waals surface area (Å²) < 4.78 is 15.1. The minimum absolute atomic E-state index is 0.111. The third kappa shape index (κ3) is 3.88. The lowest BCUT2D eigenvalue weighted by atomic mass is 9.93. The SMILES string of the molecule is CC[C@@H]1CCCC[C@H](N(C)c2ccc(-c3cc4cccnc4cc3O)nn2)[C@@H]1F. The number of benzene rings is 1. The number of aromatic nitrogens is 3. The summed E-state index contributed by atoms with van der Waals surface area (Å²) in [4.78, 5) is 6.19. The van der Waals surface area contributed by atoms with Gasteiger partial charge in [0, 0.05) is 30.3 Å². The third-order valence-electron chi connectivity index (χ3n) is 6.17. The van der Waals surface area contributed by atoms with Crippen LogP contribution in [-0.2, 0) is 0 Å². The lowest BCUT2D eigenvalue weighted by molar-refractivity contribution is 0.184. The van der Waals surface area contributed by atoms with E-state index in [1.54, 1.807) is 12.3 Å². The van der Waals surface area contributed by atoms with Crippen LogP contribution in [0.25, 0.3) is 22.2 Å². The first-order valence-electron chi connectivity index (χ1n) is 10.4. The van der Waals surface area contributed by atoms with Gasteiger partial charge in [-0.05, 0) is 43.0 Å². The highest BCUT2D eigenvalue weighted by Crippen LogP contribution is 2.34. The number of nitrogens with zero attached hydrogens (tertiary/aromatic N) is 4. The largest absolute Gasteiger partial charge is 0.507 e. The number of hydrogen-bond acceptors (Lipinski definition) is 5. The van der Waals surface area contributed by atoms with Gasteiger partial charge in [-0.15, -0.1) is 10.2 Å². The molecule has 1 aromatic carbocycles. The molecule has 0 aliphatic heterocycles. The lowest BCUT2D eigenvalue weighted by Crippen LogP contribution is -2.42. The fraction of sp³-hybridized carbons (Fsp3) is 0.435. The summed E-state index contributed by atoms with van der Waals surface area (Å²) >= 11 is 0. The molecule has 1 N–H and O–H groups in total. The number of hydrogen-bond donors (Lipinski definition) is 1. The molecule has 0 spiro atoms. The van der Waals surface area contributed by atoms with Crippen LogP contribution in [-0.4, -0.2) is 39.5 Å². The minimum Gasteiger partial charge on any atom is -0.507 e. The van der Waals surface area contributed by atoms with Crippen LogP contribution in [0.3, 0.4) is 0 Å². The van der Waals surface area contributed by atoms with Crippen LogP contribution in [0.5, 0.6) is 5.75 Å². The van der Waals surface area contributed by atoms with Crippen molar-refractivity contribution < 1.29 is 9.50 Å². The molecule has 0 bridgehead atoms. The molecular formula is C23H27FN4O. The van der Waals surface area contributed by atoms with Crippen molar-refractivity contribution in [1.82, 2.24) is 15.2 Å². The molecule has 152 valence electrons. The quantitative estimate of drug-likeness (QED) is 0.621. The molecule has 1 saturated carbocycles. The lowest BCUT2D eigenvalue weighted by Gasteiger charge is -2.33. The number of aromatic hydroxyl groups is 1. The Morgan fingerprint density at radius 2 is 1.97 bits per heavy atom. The molecular weight excluding hydrogens is 367 g/mol. The van der Waals surface area contributed by atoms with Gasteiger partial charge in [-0.1, -0.05) is 32.3 Å². The van der Waals surface area contributed by atoms with Gasteiger partial charge in [0.1, 0.15) is 11.9 Å². The topological polar surface area (TPSA) is 62.1 Å². The number of anilines is 1. The molecule has 1 fully saturated rings. The van der Waals surface area contributed by atoms with Gasteiger partial charge < -0.3 is 10.0 Å². The van der Waals surface area contributed by atoms with E-state index in [1.165, 1.54) is 0 Å². The number of rotatable bonds is 4. The van der Waals surface area contributed by atoms with E-state index in [0.717, 1.165) is 43.0 Å². The van der Waals surface area contributed by atoms with Gasteiger partial charge >= 0.3 is 0 Å². The predicted molar refractivity (Wildman–Crippen MR) is 114 cm³/mol. The molecule has 0 radical (unpaired) electrons. The van der Waals surface area contributed by atoms with E-state index in [2.05, 4.69) is 22.1 Å². The summed E-state index contributed by atoms with van der Waals surface area (Å²) in [5.41, 5.74) is 1.91. The number of alkyl halides is 1. The molecule has 3 atom stereocenters. The van der Waals surface area contributed by atoms with E-state index < -0.39 is 6.17 Å². The van der Waals surface area contributed by atoms with Gasteiger partial charge in [0.2, 0.25) is 0 Å². The minimum atomic E-state index is -0.856. The van der Waals surface area contributed by atoms with Gasteiger partial charge in [0.15, 0.2) is 5.82 Å². The number of fused-ring (bicyclic) bond motifs is 1. The average Bonchev–Trinajstić information content (AvgIpc) is 2.94. The number of phenolic OH excluding ortho intramolecular Hbond substituents is 1. The summed E-state index contributed by atoms with van der Waals surface area (Å²) in [6, 6.07) is 10.8. The Morgan fingerprint density at radius 1 is 1.14 bits per heavy atom. The molecule has 29 heavy (non-hydrogen) atoms. The fourth-order valence-corrected chi connectivity index (χ4v) is 4.37. The van der Waals surface area contributed by atoms with Crippen LogP contribution in [0.15, 0.2) is 42.6 Å². The molecule has 4 rings (SSSR count). The first-order chi connectivity index (χ1) is 14.1. The number of phenols is 1. The monoisotopic (exact) mass is 394 g/mol. The maximum atomic E-state index is 15.1. The van der Waals surface area contributed by atoms with Gasteiger partial charge in [0.25, 0.3) is 0 Å². The van der Waals surface area contributed by atoms with Crippen molar-refractivity contribution in [2.24, 2.45) is 5.92 Å². The Hall–Kier alpha value is -2.76. The number of halogens is 1. The molecule has 0 unspecified atom stereocenters. The van der Waals surface area contributed by atoms with Crippen molar-refractivity contribution in [3.63, 3.8) is 0 Å². The Bertz CT molecular complexity index is 978. The van der Waals surface area contributed by atoms with Gasteiger partial charge in [-0.3, -0.25) is 4.98 Å². The maximum absolute atomic E-state index is 15.1. The molecule has 1 aliphatic carbocycles. The van der Waals surface area contributed by atoms with Crippen molar-refractivity contribution in [2.75, 3.05) is 11.9 Å². The van der Waals surface area contributed by atoms with E-state index in [0.29, 0.717) is 17.1 Å². The van der Waals surface area contributed by atoms with Gasteiger partial charge in [0.05, 0.1) is 17.3 Å². The van der Waals surface area contributed by atoms with Crippen LogP contribution in [0.4, 0.5) is 10.2 Å². The van der Waals surface area contributed by atoms with E-state index in [1.807, 2.05) is 42.3 Å². The molecule has 0 saturated heterocycles. The van der Waals surface area contributed by atoms with E-state index in [4.69, 9.17) is 0 Å². The van der Waals surface area contributed by atoms with E-state index >= 15 is 4.39 Å². The Kier molecular flexibility index (Phi) is 5.60. The average molecular weight is 394 g/mol. The van der Waals surface area contributed by atoms with Crippen LogP contribution in [0.1, 0.15) is 39.0 Å². The molecule has 6 heteroatoms. The van der Waals surface area contributed by atoms with Crippen LogP contribution >= 0.6 is 0 Å². The molecule has 3 aromatic rings. The first kappa shape index (κ1) is 19.6. The summed E-state index contributed by atoms with van der Waals surface area (Å²) in [5, 5.41) is 20.0. The normalized spacial score (nSPS) is 22.4. The molecule has 5 nitrogen and oxygen atoms in total. The highest BCUT2D eigenvalue weighted by atomic mass is 19.1. The molecule has 2 heterocycles.